The van der Waals surface area contributed by atoms with Crippen molar-refractivity contribution in [3.05, 3.63) is 0 Å². The minimum absolute atomic E-state index is 0.0101. The van der Waals surface area contributed by atoms with Gasteiger partial charge in [0.05, 0.1) is 6.07 Å². The average Bonchev–Trinajstić information content (AvgIpc) is 2.27. The summed E-state index contributed by atoms with van der Waals surface area (Å²) in [5, 5.41) is 12.4. The van der Waals surface area contributed by atoms with Gasteiger partial charge in [0.1, 0.15) is 0 Å². The summed E-state index contributed by atoms with van der Waals surface area (Å²) in [6, 6.07) is 1.66. The van der Waals surface area contributed by atoms with Gasteiger partial charge in [0.2, 0.25) is 10.0 Å². The standard InChI is InChI=1S/C7H14N4O4S2/c1-7(6-8)16(12,13)10-2-4-11(5-3-10)17(9,14)15/h7H,2-5H2,1H3,(H2,9,14,15). The average molecular weight is 282 g/mol. The van der Waals surface area contributed by atoms with Crippen LogP contribution in [0, 0.1) is 11.3 Å². The Bertz CT molecular complexity index is 513. The second-order valence-corrected chi connectivity index (χ2v) is 7.46. The highest BCUT2D eigenvalue weighted by molar-refractivity contribution is 7.90. The Kier molecular flexibility index (Phi) is 4.11. The van der Waals surface area contributed by atoms with Gasteiger partial charge in [-0.15, -0.1) is 0 Å². The first-order valence-electron chi connectivity index (χ1n) is 4.86. The van der Waals surface area contributed by atoms with E-state index in [4.69, 9.17) is 10.4 Å². The number of rotatable bonds is 3. The first kappa shape index (κ1) is 14.3. The molecule has 1 unspecified atom stereocenters. The summed E-state index contributed by atoms with van der Waals surface area (Å²) in [5.41, 5.74) is 0. The van der Waals surface area contributed by atoms with Gasteiger partial charge >= 0.3 is 0 Å². The highest BCUT2D eigenvalue weighted by Gasteiger charge is 2.33. The van der Waals surface area contributed by atoms with E-state index in [1.807, 2.05) is 0 Å². The van der Waals surface area contributed by atoms with Gasteiger partial charge in [0.15, 0.2) is 5.25 Å². The number of hydrogen-bond acceptors (Lipinski definition) is 5. The van der Waals surface area contributed by atoms with Gasteiger partial charge in [0.25, 0.3) is 10.2 Å². The highest BCUT2D eigenvalue weighted by Crippen LogP contribution is 2.13. The molecular formula is C7H14N4O4S2. The molecule has 0 aliphatic carbocycles. The van der Waals surface area contributed by atoms with E-state index < -0.39 is 25.5 Å². The molecule has 0 bridgehead atoms. The molecule has 1 heterocycles. The molecule has 1 atom stereocenters. The fourth-order valence-electron chi connectivity index (χ4n) is 1.47. The van der Waals surface area contributed by atoms with E-state index in [1.54, 1.807) is 6.07 Å². The molecule has 0 radical (unpaired) electrons. The molecule has 0 saturated carbocycles. The lowest BCUT2D eigenvalue weighted by Gasteiger charge is -2.32. The molecule has 0 aromatic heterocycles. The lowest BCUT2D eigenvalue weighted by atomic mass is 10.4. The van der Waals surface area contributed by atoms with Crippen molar-refractivity contribution in [1.29, 1.82) is 5.26 Å². The number of sulfonamides is 1. The Morgan fingerprint density at radius 3 is 1.88 bits per heavy atom. The fourth-order valence-corrected chi connectivity index (χ4v) is 3.39. The van der Waals surface area contributed by atoms with Crippen molar-refractivity contribution in [2.75, 3.05) is 26.2 Å². The van der Waals surface area contributed by atoms with Crippen molar-refractivity contribution in [2.45, 2.75) is 12.2 Å². The van der Waals surface area contributed by atoms with Crippen molar-refractivity contribution in [3.63, 3.8) is 0 Å². The molecule has 1 aliphatic heterocycles. The predicted octanol–water partition coefficient (Wildman–Crippen LogP) is -1.95. The zero-order valence-electron chi connectivity index (χ0n) is 9.27. The number of hydrogen-bond donors (Lipinski definition) is 1. The summed E-state index contributed by atoms with van der Waals surface area (Å²) in [7, 11) is -7.44. The fraction of sp³-hybridized carbons (Fsp3) is 0.857. The van der Waals surface area contributed by atoms with Gasteiger partial charge in [-0.2, -0.15) is 22.3 Å². The van der Waals surface area contributed by atoms with E-state index >= 15 is 0 Å². The molecule has 1 rings (SSSR count). The van der Waals surface area contributed by atoms with Crippen LogP contribution in [-0.4, -0.2) is 56.9 Å². The summed E-state index contributed by atoms with van der Waals surface area (Å²) >= 11 is 0. The molecular weight excluding hydrogens is 268 g/mol. The highest BCUT2D eigenvalue weighted by atomic mass is 32.2. The monoisotopic (exact) mass is 282 g/mol. The zero-order chi connectivity index (χ0) is 13.3. The maximum Gasteiger partial charge on any atom is 0.276 e. The molecule has 0 aromatic rings. The largest absolute Gasteiger partial charge is 0.276 e. The van der Waals surface area contributed by atoms with Gasteiger partial charge in [-0.25, -0.2) is 13.6 Å². The van der Waals surface area contributed by atoms with Crippen LogP contribution in [0.5, 0.6) is 0 Å². The molecule has 0 amide bonds. The predicted molar refractivity (Wildman–Crippen MR) is 60.2 cm³/mol. The van der Waals surface area contributed by atoms with E-state index in [2.05, 4.69) is 0 Å². The summed E-state index contributed by atoms with van der Waals surface area (Å²) in [6.07, 6.45) is 0. The van der Waals surface area contributed by atoms with Crippen LogP contribution in [0.3, 0.4) is 0 Å². The van der Waals surface area contributed by atoms with Crippen LogP contribution in [0.1, 0.15) is 6.92 Å². The third kappa shape index (κ3) is 3.14. The van der Waals surface area contributed by atoms with E-state index in [1.165, 1.54) is 6.92 Å². The smallest absolute Gasteiger partial charge is 0.216 e. The normalized spacial score (nSPS) is 21.9. The Balaban J connectivity index is 2.75. The molecule has 8 nitrogen and oxygen atoms in total. The minimum Gasteiger partial charge on any atom is -0.216 e. The molecule has 98 valence electrons. The zero-order valence-corrected chi connectivity index (χ0v) is 10.9. The maximum absolute atomic E-state index is 11.8. The molecule has 2 N–H and O–H groups in total. The molecule has 17 heavy (non-hydrogen) atoms. The maximum atomic E-state index is 11.8. The van der Waals surface area contributed by atoms with Gasteiger partial charge in [-0.1, -0.05) is 0 Å². The first-order chi connectivity index (χ1) is 7.69. The Labute approximate surface area is 101 Å². The molecule has 0 aromatic carbocycles. The third-order valence-electron chi connectivity index (χ3n) is 2.55. The van der Waals surface area contributed by atoms with Crippen LogP contribution < -0.4 is 5.14 Å². The van der Waals surface area contributed by atoms with Crippen molar-refractivity contribution < 1.29 is 16.8 Å². The number of nitrogens with zero attached hydrogens (tertiary/aromatic N) is 3. The third-order valence-corrected chi connectivity index (χ3v) is 5.71. The van der Waals surface area contributed by atoms with Crippen molar-refractivity contribution in [1.82, 2.24) is 8.61 Å². The van der Waals surface area contributed by atoms with Crippen molar-refractivity contribution >= 4 is 20.2 Å². The molecule has 0 spiro atoms. The Hall–Kier alpha value is -0.730. The topological polar surface area (TPSA) is 125 Å². The number of piperazine rings is 1. The Morgan fingerprint density at radius 2 is 1.53 bits per heavy atom. The second kappa shape index (κ2) is 4.87. The van der Waals surface area contributed by atoms with E-state index in [0.29, 0.717) is 0 Å². The molecule has 1 aliphatic rings. The van der Waals surface area contributed by atoms with Crippen molar-refractivity contribution in [3.8, 4) is 6.07 Å². The van der Waals surface area contributed by atoms with E-state index in [0.717, 1.165) is 8.61 Å². The quantitative estimate of drug-likeness (QED) is 0.644. The number of nitrogens with two attached hydrogens (primary N) is 1. The summed E-state index contributed by atoms with van der Waals surface area (Å²) in [4.78, 5) is 0. The van der Waals surface area contributed by atoms with Crippen molar-refractivity contribution in [2.24, 2.45) is 5.14 Å². The number of nitriles is 1. The van der Waals surface area contributed by atoms with Crippen LogP contribution in [0.15, 0.2) is 0 Å². The SMILES string of the molecule is CC(C#N)S(=O)(=O)N1CCN(S(N)(=O)=O)CC1. The van der Waals surface area contributed by atoms with Crippen LogP contribution in [0.2, 0.25) is 0 Å². The van der Waals surface area contributed by atoms with Crippen LogP contribution >= 0.6 is 0 Å². The van der Waals surface area contributed by atoms with Gasteiger partial charge in [-0.05, 0) is 6.92 Å². The second-order valence-electron chi connectivity index (χ2n) is 3.66. The van der Waals surface area contributed by atoms with Crippen LogP contribution in [0.4, 0.5) is 0 Å². The van der Waals surface area contributed by atoms with Gasteiger partial charge in [0, 0.05) is 26.2 Å². The van der Waals surface area contributed by atoms with Crippen LogP contribution in [0.25, 0.3) is 0 Å². The van der Waals surface area contributed by atoms with Gasteiger partial charge < -0.3 is 0 Å². The lowest BCUT2D eigenvalue weighted by Crippen LogP contribution is -2.53. The summed E-state index contributed by atoms with van der Waals surface area (Å²) < 4.78 is 47.7. The Morgan fingerprint density at radius 1 is 1.12 bits per heavy atom. The summed E-state index contributed by atoms with van der Waals surface area (Å²) in [5.74, 6) is 0. The molecule has 1 saturated heterocycles. The van der Waals surface area contributed by atoms with Gasteiger partial charge in [-0.3, -0.25) is 0 Å². The lowest BCUT2D eigenvalue weighted by molar-refractivity contribution is 0.272. The first-order valence-corrected chi connectivity index (χ1v) is 7.86. The van der Waals surface area contributed by atoms with E-state index in [9.17, 15) is 16.8 Å². The summed E-state index contributed by atoms with van der Waals surface area (Å²) in [6.45, 7) is 1.35. The van der Waals surface area contributed by atoms with Crippen LogP contribution in [-0.2, 0) is 20.2 Å². The minimum atomic E-state index is -3.77. The molecule has 10 heteroatoms. The van der Waals surface area contributed by atoms with E-state index in [-0.39, 0.29) is 26.2 Å². The molecule has 1 fully saturated rings.